The highest BCUT2D eigenvalue weighted by Gasteiger charge is 2.22. The van der Waals surface area contributed by atoms with E-state index in [4.69, 9.17) is 0 Å². The van der Waals surface area contributed by atoms with Crippen LogP contribution in [0.5, 0.6) is 0 Å². The molecule has 0 bridgehead atoms. The average Bonchev–Trinajstić information content (AvgIpc) is 2.16. The fourth-order valence-corrected chi connectivity index (χ4v) is 2.23. The molecule has 0 aliphatic carbocycles. The summed E-state index contributed by atoms with van der Waals surface area (Å²) in [5, 5.41) is 9.73. The molecule has 0 aliphatic rings. The van der Waals surface area contributed by atoms with Crippen molar-refractivity contribution in [3.8, 4) is 0 Å². The fraction of sp³-hybridized carbons (Fsp3) is 0.200. The fourth-order valence-electron chi connectivity index (χ4n) is 1.24. The minimum Gasteiger partial charge on any atom is -0.506 e. The van der Waals surface area contributed by atoms with Gasteiger partial charge in [0.2, 0.25) is 0 Å². The van der Waals surface area contributed by atoms with Crippen molar-refractivity contribution in [2.45, 2.75) is 6.92 Å². The molecule has 1 rings (SSSR count). The molecular formula is C10H11NO4S. The number of ketones is 1. The normalized spacial score (nSPS) is 13.1. The number of nitrogens with zero attached hydrogens (tertiary/aromatic N) is 1. The topological polar surface area (TPSA) is 84.3 Å². The Morgan fingerprint density at radius 2 is 2.06 bits per heavy atom. The van der Waals surface area contributed by atoms with E-state index in [0.717, 1.165) is 13.2 Å². The predicted molar refractivity (Wildman–Crippen MR) is 59.3 cm³/mol. The third-order valence-corrected chi connectivity index (χ3v) is 3.06. The van der Waals surface area contributed by atoms with Crippen LogP contribution in [0.2, 0.25) is 0 Å². The molecule has 0 aliphatic heterocycles. The number of hydrogen-bond donors (Lipinski definition) is 1. The molecule has 1 aromatic rings. The average molecular weight is 241 g/mol. The summed E-state index contributed by atoms with van der Waals surface area (Å²) in [7, 11) is -3.76. The number of pyridine rings is 1. The van der Waals surface area contributed by atoms with Gasteiger partial charge in [0.05, 0.1) is 0 Å². The number of hydrogen-bond acceptors (Lipinski definition) is 5. The summed E-state index contributed by atoms with van der Waals surface area (Å²) >= 11 is 0. The van der Waals surface area contributed by atoms with E-state index in [1.807, 2.05) is 0 Å². The molecular weight excluding hydrogens is 230 g/mol. The van der Waals surface area contributed by atoms with E-state index in [1.54, 1.807) is 0 Å². The quantitative estimate of drug-likeness (QED) is 0.629. The van der Waals surface area contributed by atoms with Crippen LogP contribution >= 0.6 is 0 Å². The largest absolute Gasteiger partial charge is 0.506 e. The Balaban J connectivity index is 3.47. The number of Topliss-reactive ketones (excluding diaryl/α,β-unsaturated/α-hetero) is 1. The van der Waals surface area contributed by atoms with Gasteiger partial charge in [-0.05, 0) is 19.1 Å². The third-order valence-electron chi connectivity index (χ3n) is 1.84. The lowest BCUT2D eigenvalue weighted by Gasteiger charge is -2.05. The minimum atomic E-state index is -3.76. The lowest BCUT2D eigenvalue weighted by atomic mass is 10.2. The molecule has 86 valence electrons. The maximum Gasteiger partial charge on any atom is 0.182 e. The molecule has 0 fully saturated rings. The zero-order valence-electron chi connectivity index (χ0n) is 8.84. The van der Waals surface area contributed by atoms with E-state index < -0.39 is 26.3 Å². The van der Waals surface area contributed by atoms with E-state index >= 15 is 0 Å². The molecule has 0 radical (unpaired) electrons. The van der Waals surface area contributed by atoms with Crippen molar-refractivity contribution in [2.75, 3.05) is 6.26 Å². The van der Waals surface area contributed by atoms with Crippen LogP contribution in [0.4, 0.5) is 0 Å². The number of rotatable bonds is 3. The molecule has 0 saturated heterocycles. The number of sulfone groups is 1. The van der Waals surface area contributed by atoms with Crippen molar-refractivity contribution in [3.63, 3.8) is 0 Å². The Bertz CT molecular complexity index is 531. The van der Waals surface area contributed by atoms with Crippen LogP contribution in [0, 0.1) is 0 Å². The summed E-state index contributed by atoms with van der Waals surface area (Å²) in [5.41, 5.74) is 0.193. The second-order valence-corrected chi connectivity index (χ2v) is 5.20. The van der Waals surface area contributed by atoms with E-state index in [2.05, 4.69) is 4.98 Å². The highest BCUT2D eigenvalue weighted by Crippen LogP contribution is 2.19. The summed E-state index contributed by atoms with van der Waals surface area (Å²) in [4.78, 5) is 14.3. The molecule has 5 nitrogen and oxygen atoms in total. The van der Waals surface area contributed by atoms with Crippen molar-refractivity contribution in [1.29, 1.82) is 0 Å². The first-order valence-electron chi connectivity index (χ1n) is 4.38. The number of carbonyl (C=O) groups is 1. The van der Waals surface area contributed by atoms with Crippen LogP contribution in [0.3, 0.4) is 0 Å². The Morgan fingerprint density at radius 3 is 2.44 bits per heavy atom. The molecule has 0 spiro atoms. The molecule has 6 heteroatoms. The van der Waals surface area contributed by atoms with Crippen molar-refractivity contribution < 1.29 is 18.3 Å². The van der Waals surface area contributed by atoms with Crippen molar-refractivity contribution in [2.24, 2.45) is 0 Å². The zero-order valence-corrected chi connectivity index (χ0v) is 9.65. The van der Waals surface area contributed by atoms with Gasteiger partial charge in [0, 0.05) is 24.2 Å². The Kier molecular flexibility index (Phi) is 3.44. The first-order valence-corrected chi connectivity index (χ1v) is 6.28. The molecule has 0 atom stereocenters. The van der Waals surface area contributed by atoms with Crippen molar-refractivity contribution in [3.05, 3.63) is 35.0 Å². The van der Waals surface area contributed by atoms with Gasteiger partial charge in [0.25, 0.3) is 0 Å². The summed E-state index contributed by atoms with van der Waals surface area (Å²) in [6.07, 6.45) is 3.63. The number of aliphatic hydroxyl groups is 1. The maximum absolute atomic E-state index is 11.3. The van der Waals surface area contributed by atoms with Gasteiger partial charge >= 0.3 is 0 Å². The Labute approximate surface area is 93.4 Å². The number of carbonyl (C=O) groups excluding carboxylic acids is 1. The second-order valence-electron chi connectivity index (χ2n) is 3.25. The van der Waals surface area contributed by atoms with Crippen LogP contribution in [-0.2, 0) is 14.6 Å². The second kappa shape index (κ2) is 4.44. The first kappa shape index (κ1) is 12.4. The molecule has 1 N–H and O–H groups in total. The van der Waals surface area contributed by atoms with E-state index in [1.165, 1.54) is 24.5 Å². The molecule has 1 aromatic heterocycles. The van der Waals surface area contributed by atoms with Gasteiger partial charge in [-0.1, -0.05) is 0 Å². The third kappa shape index (κ3) is 2.66. The smallest absolute Gasteiger partial charge is 0.182 e. The summed E-state index contributed by atoms with van der Waals surface area (Å²) in [5.74, 6) is -1.27. The van der Waals surface area contributed by atoms with E-state index in [0.29, 0.717) is 0 Å². The highest BCUT2D eigenvalue weighted by atomic mass is 32.2. The van der Waals surface area contributed by atoms with Gasteiger partial charge in [0.15, 0.2) is 20.5 Å². The standard InChI is InChI=1S/C10H11NO4S/c1-7(12)10(16(2,14)15)9(13)8-4-3-5-11-6-8/h3-6,13H,1-2H3. The lowest BCUT2D eigenvalue weighted by molar-refractivity contribution is -0.113. The number of aliphatic hydroxyl groups excluding tert-OH is 1. The van der Waals surface area contributed by atoms with Gasteiger partial charge in [-0.15, -0.1) is 0 Å². The van der Waals surface area contributed by atoms with Crippen LogP contribution < -0.4 is 0 Å². The highest BCUT2D eigenvalue weighted by molar-refractivity contribution is 7.95. The molecule has 0 amide bonds. The van der Waals surface area contributed by atoms with Crippen molar-refractivity contribution in [1.82, 2.24) is 4.98 Å². The van der Waals surface area contributed by atoms with Crippen LogP contribution in [0.1, 0.15) is 12.5 Å². The van der Waals surface area contributed by atoms with Gasteiger partial charge in [0.1, 0.15) is 5.76 Å². The monoisotopic (exact) mass is 241 g/mol. The lowest BCUT2D eigenvalue weighted by Crippen LogP contribution is -2.12. The SMILES string of the molecule is CC(=O)C(=C(O)c1cccnc1)S(C)(=O)=O. The number of allylic oxidation sites excluding steroid dienone is 1. The van der Waals surface area contributed by atoms with Crippen molar-refractivity contribution >= 4 is 21.4 Å². The van der Waals surface area contributed by atoms with Gasteiger partial charge in [-0.2, -0.15) is 0 Å². The summed E-state index contributed by atoms with van der Waals surface area (Å²) < 4.78 is 22.7. The van der Waals surface area contributed by atoms with E-state index in [-0.39, 0.29) is 5.56 Å². The molecule has 1 heterocycles. The molecule has 0 saturated carbocycles. The van der Waals surface area contributed by atoms with Gasteiger partial charge in [-0.3, -0.25) is 9.78 Å². The Hall–Kier alpha value is -1.69. The predicted octanol–water partition coefficient (Wildman–Crippen LogP) is 0.942. The number of aromatic nitrogens is 1. The van der Waals surface area contributed by atoms with Crippen LogP contribution in [0.25, 0.3) is 5.76 Å². The van der Waals surface area contributed by atoms with Crippen LogP contribution in [-0.4, -0.2) is 30.5 Å². The summed E-state index contributed by atoms with van der Waals surface area (Å²) in [6, 6.07) is 3.00. The van der Waals surface area contributed by atoms with Crippen LogP contribution in [0.15, 0.2) is 29.4 Å². The first-order chi connectivity index (χ1) is 7.34. The minimum absolute atomic E-state index is 0.193. The zero-order chi connectivity index (χ0) is 12.3. The molecule has 16 heavy (non-hydrogen) atoms. The van der Waals surface area contributed by atoms with E-state index in [9.17, 15) is 18.3 Å². The summed E-state index contributed by atoms with van der Waals surface area (Å²) in [6.45, 7) is 1.09. The Morgan fingerprint density at radius 1 is 1.44 bits per heavy atom. The molecule has 0 aromatic carbocycles. The molecule has 0 unspecified atom stereocenters. The van der Waals surface area contributed by atoms with Gasteiger partial charge < -0.3 is 5.11 Å². The van der Waals surface area contributed by atoms with Gasteiger partial charge in [-0.25, -0.2) is 8.42 Å². The maximum atomic E-state index is 11.3.